The Bertz CT molecular complexity index is 763. The fourth-order valence-corrected chi connectivity index (χ4v) is 2.86. The van der Waals surface area contributed by atoms with Crippen LogP contribution in [0.4, 0.5) is 0 Å². The molecule has 6 nitrogen and oxygen atoms in total. The Labute approximate surface area is 148 Å². The van der Waals surface area contributed by atoms with E-state index in [0.29, 0.717) is 10.5 Å². The largest absolute Gasteiger partial charge is 0.480 e. The predicted octanol–water partition coefficient (Wildman–Crippen LogP) is 1.84. The summed E-state index contributed by atoms with van der Waals surface area (Å²) >= 11 is 1.29. The second-order valence-corrected chi connectivity index (χ2v) is 6.20. The van der Waals surface area contributed by atoms with Crippen molar-refractivity contribution in [1.82, 2.24) is 5.32 Å². The minimum absolute atomic E-state index is 0.0216. The first-order valence-corrected chi connectivity index (χ1v) is 8.45. The van der Waals surface area contributed by atoms with Gasteiger partial charge >= 0.3 is 5.97 Å². The molecule has 0 aromatic heterocycles. The lowest BCUT2D eigenvalue weighted by atomic mass is 10.2. The molecular weight excluding hydrogens is 342 g/mol. The molecule has 1 unspecified atom stereocenters. The molecule has 1 atom stereocenters. The number of thioether (sulfide) groups is 1. The Kier molecular flexibility index (Phi) is 6.73. The molecule has 0 aliphatic carbocycles. The van der Waals surface area contributed by atoms with Gasteiger partial charge < -0.3 is 15.5 Å². The third-order valence-corrected chi connectivity index (χ3v) is 4.34. The average molecular weight is 359 g/mol. The van der Waals surface area contributed by atoms with E-state index in [2.05, 4.69) is 5.32 Å². The van der Waals surface area contributed by atoms with Crippen molar-refractivity contribution in [1.29, 1.82) is 0 Å². The standard InChI is InChI=1S/C18H17NO5S/c20-10-15(18(23)24)19-17(22)13-7-4-8-14(9-13)25-11-16(21)12-5-2-1-3-6-12/h1-9,15,20H,10-11H2,(H,19,22)(H,23,24). The highest BCUT2D eigenvalue weighted by atomic mass is 32.2. The molecule has 0 aliphatic heterocycles. The van der Waals surface area contributed by atoms with E-state index in [1.807, 2.05) is 6.07 Å². The minimum atomic E-state index is -1.36. The summed E-state index contributed by atoms with van der Waals surface area (Å²) in [5.74, 6) is -1.71. The number of carboxylic acids is 1. The summed E-state index contributed by atoms with van der Waals surface area (Å²) in [5, 5.41) is 20.1. The van der Waals surface area contributed by atoms with Gasteiger partial charge in [-0.2, -0.15) is 0 Å². The average Bonchev–Trinajstić information content (AvgIpc) is 2.64. The molecule has 0 heterocycles. The van der Waals surface area contributed by atoms with E-state index in [4.69, 9.17) is 10.2 Å². The SMILES string of the molecule is O=C(CSc1cccc(C(=O)NC(CO)C(=O)O)c1)c1ccccc1. The Balaban J connectivity index is 2.00. The van der Waals surface area contributed by atoms with Crippen molar-refractivity contribution in [2.24, 2.45) is 0 Å². The fourth-order valence-electron chi connectivity index (χ4n) is 2.01. The Hall–Kier alpha value is -2.64. The molecule has 0 bridgehead atoms. The first-order chi connectivity index (χ1) is 12.0. The zero-order valence-corrected chi connectivity index (χ0v) is 14.0. The maximum absolute atomic E-state index is 12.1. The lowest BCUT2D eigenvalue weighted by Crippen LogP contribution is -2.43. The molecule has 0 saturated carbocycles. The predicted molar refractivity (Wildman–Crippen MR) is 93.9 cm³/mol. The lowest BCUT2D eigenvalue weighted by molar-refractivity contribution is -0.140. The molecule has 0 aliphatic rings. The number of amides is 1. The van der Waals surface area contributed by atoms with E-state index >= 15 is 0 Å². The Morgan fingerprint density at radius 2 is 1.68 bits per heavy atom. The molecule has 1 amide bonds. The number of rotatable bonds is 8. The van der Waals surface area contributed by atoms with Gasteiger partial charge in [0.25, 0.3) is 5.91 Å². The van der Waals surface area contributed by atoms with Gasteiger partial charge in [-0.25, -0.2) is 4.79 Å². The molecule has 2 rings (SSSR count). The molecular formula is C18H17NO5S. The van der Waals surface area contributed by atoms with Crippen LogP contribution in [0, 0.1) is 0 Å². The van der Waals surface area contributed by atoms with Crippen LogP contribution in [0.5, 0.6) is 0 Å². The number of ketones is 1. The zero-order chi connectivity index (χ0) is 18.2. The van der Waals surface area contributed by atoms with E-state index in [1.54, 1.807) is 42.5 Å². The van der Waals surface area contributed by atoms with Gasteiger partial charge in [0.1, 0.15) is 0 Å². The van der Waals surface area contributed by atoms with Gasteiger partial charge in [-0.3, -0.25) is 9.59 Å². The molecule has 0 fully saturated rings. The maximum atomic E-state index is 12.1. The molecule has 2 aromatic rings. The first kappa shape index (κ1) is 18.7. The number of carboxylic acid groups (broad SMARTS) is 1. The molecule has 0 saturated heterocycles. The molecule has 2 aromatic carbocycles. The second kappa shape index (κ2) is 9.00. The van der Waals surface area contributed by atoms with Crippen LogP contribution in [0.15, 0.2) is 59.5 Å². The van der Waals surface area contributed by atoms with Crippen LogP contribution >= 0.6 is 11.8 Å². The van der Waals surface area contributed by atoms with Crippen LogP contribution < -0.4 is 5.32 Å². The smallest absolute Gasteiger partial charge is 0.328 e. The highest BCUT2D eigenvalue weighted by Gasteiger charge is 2.19. The van der Waals surface area contributed by atoms with E-state index in [9.17, 15) is 14.4 Å². The van der Waals surface area contributed by atoms with E-state index in [-0.39, 0.29) is 17.1 Å². The number of aliphatic hydroxyl groups excluding tert-OH is 1. The Morgan fingerprint density at radius 1 is 1.00 bits per heavy atom. The first-order valence-electron chi connectivity index (χ1n) is 7.47. The van der Waals surface area contributed by atoms with Gasteiger partial charge in [-0.1, -0.05) is 36.4 Å². The highest BCUT2D eigenvalue weighted by Crippen LogP contribution is 2.20. The number of nitrogens with one attached hydrogen (secondary N) is 1. The molecule has 130 valence electrons. The summed E-state index contributed by atoms with van der Waals surface area (Å²) in [6, 6.07) is 14.1. The van der Waals surface area contributed by atoms with Crippen molar-refractivity contribution in [2.75, 3.05) is 12.4 Å². The van der Waals surface area contributed by atoms with E-state index in [1.165, 1.54) is 17.8 Å². The van der Waals surface area contributed by atoms with Gasteiger partial charge in [-0.05, 0) is 18.2 Å². The summed E-state index contributed by atoms with van der Waals surface area (Å²) < 4.78 is 0. The van der Waals surface area contributed by atoms with Crippen molar-refractivity contribution < 1.29 is 24.6 Å². The zero-order valence-electron chi connectivity index (χ0n) is 13.2. The quantitative estimate of drug-likeness (QED) is 0.491. The normalized spacial score (nSPS) is 11.6. The molecule has 25 heavy (non-hydrogen) atoms. The Morgan fingerprint density at radius 3 is 2.32 bits per heavy atom. The molecule has 0 radical (unpaired) electrons. The van der Waals surface area contributed by atoms with Crippen LogP contribution in [0.3, 0.4) is 0 Å². The topological polar surface area (TPSA) is 104 Å². The molecule has 0 spiro atoms. The molecule has 3 N–H and O–H groups in total. The summed E-state index contributed by atoms with van der Waals surface area (Å²) in [6.07, 6.45) is 0. The summed E-state index contributed by atoms with van der Waals surface area (Å²) in [6.45, 7) is -0.693. The van der Waals surface area contributed by atoms with Gasteiger partial charge in [0.2, 0.25) is 0 Å². The lowest BCUT2D eigenvalue weighted by Gasteiger charge is -2.12. The number of aliphatic hydroxyl groups is 1. The number of hydrogen-bond donors (Lipinski definition) is 3. The van der Waals surface area contributed by atoms with Crippen LogP contribution in [0.25, 0.3) is 0 Å². The summed E-state index contributed by atoms with van der Waals surface area (Å²) in [7, 11) is 0. The third-order valence-electron chi connectivity index (χ3n) is 3.35. The highest BCUT2D eigenvalue weighted by molar-refractivity contribution is 8.00. The maximum Gasteiger partial charge on any atom is 0.328 e. The van der Waals surface area contributed by atoms with Crippen molar-refractivity contribution in [3.8, 4) is 0 Å². The number of benzene rings is 2. The summed E-state index contributed by atoms with van der Waals surface area (Å²) in [5.41, 5.74) is 0.882. The van der Waals surface area contributed by atoms with Crippen molar-refractivity contribution in [2.45, 2.75) is 10.9 Å². The van der Waals surface area contributed by atoms with Gasteiger partial charge in [0, 0.05) is 16.0 Å². The second-order valence-electron chi connectivity index (χ2n) is 5.15. The van der Waals surface area contributed by atoms with Crippen LogP contribution in [0.2, 0.25) is 0 Å². The number of aliphatic carboxylic acids is 1. The van der Waals surface area contributed by atoms with Crippen molar-refractivity contribution in [3.63, 3.8) is 0 Å². The van der Waals surface area contributed by atoms with Crippen LogP contribution in [-0.2, 0) is 4.79 Å². The minimum Gasteiger partial charge on any atom is -0.480 e. The van der Waals surface area contributed by atoms with E-state index in [0.717, 1.165) is 0 Å². The number of carbonyl (C=O) groups excluding carboxylic acids is 2. The van der Waals surface area contributed by atoms with Crippen molar-refractivity contribution >= 4 is 29.4 Å². The van der Waals surface area contributed by atoms with Gasteiger partial charge in [0.15, 0.2) is 11.8 Å². The third kappa shape index (κ3) is 5.44. The number of hydrogen-bond acceptors (Lipinski definition) is 5. The number of carbonyl (C=O) groups is 3. The number of Topliss-reactive ketones (excluding diaryl/α,β-unsaturated/α-hetero) is 1. The van der Waals surface area contributed by atoms with Crippen molar-refractivity contribution in [3.05, 3.63) is 65.7 Å². The van der Waals surface area contributed by atoms with Gasteiger partial charge in [0.05, 0.1) is 12.4 Å². The van der Waals surface area contributed by atoms with Crippen LogP contribution in [-0.4, -0.2) is 46.3 Å². The monoisotopic (exact) mass is 359 g/mol. The van der Waals surface area contributed by atoms with Gasteiger partial charge in [-0.15, -0.1) is 11.8 Å². The summed E-state index contributed by atoms with van der Waals surface area (Å²) in [4.78, 5) is 35.7. The van der Waals surface area contributed by atoms with Crippen LogP contribution in [0.1, 0.15) is 20.7 Å². The van der Waals surface area contributed by atoms with E-state index < -0.39 is 24.5 Å². The fraction of sp³-hybridized carbons (Fsp3) is 0.167. The molecule has 7 heteroatoms.